The highest BCUT2D eigenvalue weighted by molar-refractivity contribution is 5.78. The van der Waals surface area contributed by atoms with Gasteiger partial charge in [-0.15, -0.1) is 0 Å². The summed E-state index contributed by atoms with van der Waals surface area (Å²) in [6.07, 6.45) is 0.799. The summed E-state index contributed by atoms with van der Waals surface area (Å²) in [6, 6.07) is 5.42. The van der Waals surface area contributed by atoms with Gasteiger partial charge in [0.25, 0.3) is 5.56 Å². The SMILES string of the molecule is CCCn1c(Nc2cc(OC)ccc2OC)nc2c(C)nn(C)c2c1=O. The molecule has 8 heteroatoms. The summed E-state index contributed by atoms with van der Waals surface area (Å²) in [6.45, 7) is 4.40. The zero-order valence-corrected chi connectivity index (χ0v) is 15.7. The van der Waals surface area contributed by atoms with E-state index in [9.17, 15) is 4.79 Å². The van der Waals surface area contributed by atoms with E-state index in [1.54, 1.807) is 36.6 Å². The number of benzene rings is 1. The van der Waals surface area contributed by atoms with Gasteiger partial charge >= 0.3 is 0 Å². The summed E-state index contributed by atoms with van der Waals surface area (Å²) in [4.78, 5) is 17.7. The van der Waals surface area contributed by atoms with Crippen molar-refractivity contribution >= 4 is 22.7 Å². The number of ether oxygens (including phenoxy) is 2. The highest BCUT2D eigenvalue weighted by atomic mass is 16.5. The first-order chi connectivity index (χ1) is 12.5. The van der Waals surface area contributed by atoms with Crippen LogP contribution in [0.25, 0.3) is 11.0 Å². The molecule has 2 aromatic heterocycles. The van der Waals surface area contributed by atoms with E-state index < -0.39 is 0 Å². The minimum absolute atomic E-state index is 0.121. The standard InChI is InChI=1S/C18H23N5O3/c1-6-9-23-17(24)16-15(11(2)21-22(16)3)20-18(23)19-13-10-12(25-4)7-8-14(13)26-5/h7-8,10H,6,9H2,1-5H3,(H,19,20). The Balaban J connectivity index is 2.20. The molecule has 0 unspecified atom stereocenters. The fourth-order valence-electron chi connectivity index (χ4n) is 2.97. The molecule has 0 fully saturated rings. The lowest BCUT2D eigenvalue weighted by molar-refractivity contribution is 0.404. The molecular formula is C18H23N5O3. The monoisotopic (exact) mass is 357 g/mol. The summed E-state index contributed by atoms with van der Waals surface area (Å²) in [7, 11) is 4.95. The normalized spacial score (nSPS) is 11.0. The lowest BCUT2D eigenvalue weighted by Gasteiger charge is -2.16. The van der Waals surface area contributed by atoms with E-state index in [4.69, 9.17) is 9.47 Å². The average molecular weight is 357 g/mol. The molecule has 0 aliphatic heterocycles. The molecular weight excluding hydrogens is 334 g/mol. The maximum Gasteiger partial charge on any atom is 0.281 e. The molecule has 138 valence electrons. The van der Waals surface area contributed by atoms with E-state index in [2.05, 4.69) is 15.4 Å². The third-order valence-corrected chi connectivity index (χ3v) is 4.21. The topological polar surface area (TPSA) is 83.2 Å². The van der Waals surface area contributed by atoms with Crippen LogP contribution < -0.4 is 20.3 Å². The minimum Gasteiger partial charge on any atom is -0.497 e. The van der Waals surface area contributed by atoms with Crippen molar-refractivity contribution in [2.45, 2.75) is 26.8 Å². The van der Waals surface area contributed by atoms with Crippen molar-refractivity contribution in [1.82, 2.24) is 19.3 Å². The molecule has 0 bridgehead atoms. The Morgan fingerprint density at radius 2 is 2.00 bits per heavy atom. The molecule has 1 N–H and O–H groups in total. The van der Waals surface area contributed by atoms with Crippen LogP contribution in [-0.4, -0.2) is 33.6 Å². The van der Waals surface area contributed by atoms with E-state index in [-0.39, 0.29) is 5.56 Å². The van der Waals surface area contributed by atoms with Crippen LogP contribution in [0.5, 0.6) is 11.5 Å². The first-order valence-electron chi connectivity index (χ1n) is 8.43. The molecule has 8 nitrogen and oxygen atoms in total. The number of fused-ring (bicyclic) bond motifs is 1. The molecule has 0 aliphatic rings. The number of nitrogens with one attached hydrogen (secondary N) is 1. The summed E-state index contributed by atoms with van der Waals surface area (Å²) < 4.78 is 13.9. The number of hydrogen-bond donors (Lipinski definition) is 1. The second kappa shape index (κ2) is 7.07. The quantitative estimate of drug-likeness (QED) is 0.730. The van der Waals surface area contributed by atoms with Gasteiger partial charge < -0.3 is 14.8 Å². The first kappa shape index (κ1) is 17.8. The summed E-state index contributed by atoms with van der Waals surface area (Å²) in [5, 5.41) is 7.56. The molecule has 0 radical (unpaired) electrons. The second-order valence-corrected chi connectivity index (χ2v) is 5.99. The Morgan fingerprint density at radius 1 is 1.23 bits per heavy atom. The van der Waals surface area contributed by atoms with Crippen molar-refractivity contribution in [3.8, 4) is 11.5 Å². The Hall–Kier alpha value is -3.03. The lowest BCUT2D eigenvalue weighted by atomic mass is 10.2. The molecule has 0 atom stereocenters. The molecule has 3 rings (SSSR count). The number of anilines is 2. The van der Waals surface area contributed by atoms with Crippen molar-refractivity contribution in [3.05, 3.63) is 34.2 Å². The molecule has 1 aromatic carbocycles. The number of rotatable bonds is 6. The Labute approximate surface area is 151 Å². The fraction of sp³-hybridized carbons (Fsp3) is 0.389. The van der Waals surface area contributed by atoms with Crippen LogP contribution in [0.3, 0.4) is 0 Å². The first-order valence-corrected chi connectivity index (χ1v) is 8.43. The molecule has 26 heavy (non-hydrogen) atoms. The van der Waals surface area contributed by atoms with Crippen LogP contribution in [0.4, 0.5) is 11.6 Å². The highest BCUT2D eigenvalue weighted by Crippen LogP contribution is 2.31. The molecule has 2 heterocycles. The zero-order chi connectivity index (χ0) is 18.8. The highest BCUT2D eigenvalue weighted by Gasteiger charge is 2.18. The van der Waals surface area contributed by atoms with Crippen LogP contribution in [0.2, 0.25) is 0 Å². The molecule has 0 aliphatic carbocycles. The summed E-state index contributed by atoms with van der Waals surface area (Å²) >= 11 is 0. The third kappa shape index (κ3) is 2.98. The van der Waals surface area contributed by atoms with Gasteiger partial charge in [0.05, 0.1) is 25.6 Å². The van der Waals surface area contributed by atoms with E-state index >= 15 is 0 Å². The van der Waals surface area contributed by atoms with Gasteiger partial charge in [0.1, 0.15) is 17.0 Å². The van der Waals surface area contributed by atoms with Crippen LogP contribution >= 0.6 is 0 Å². The van der Waals surface area contributed by atoms with Gasteiger partial charge in [-0.2, -0.15) is 5.10 Å². The third-order valence-electron chi connectivity index (χ3n) is 4.21. The summed E-state index contributed by atoms with van der Waals surface area (Å²) in [5.74, 6) is 1.76. The van der Waals surface area contributed by atoms with Crippen LogP contribution in [-0.2, 0) is 13.6 Å². The van der Waals surface area contributed by atoms with Crippen LogP contribution in [0.15, 0.2) is 23.0 Å². The second-order valence-electron chi connectivity index (χ2n) is 5.99. The van der Waals surface area contributed by atoms with Crippen molar-refractivity contribution in [2.75, 3.05) is 19.5 Å². The number of aromatic nitrogens is 4. The van der Waals surface area contributed by atoms with Gasteiger partial charge in [0.2, 0.25) is 5.95 Å². The van der Waals surface area contributed by atoms with Crippen molar-refractivity contribution in [2.24, 2.45) is 7.05 Å². The zero-order valence-electron chi connectivity index (χ0n) is 15.7. The van der Waals surface area contributed by atoms with E-state index in [1.807, 2.05) is 26.0 Å². The maximum absolute atomic E-state index is 13.0. The lowest BCUT2D eigenvalue weighted by Crippen LogP contribution is -2.25. The number of aryl methyl sites for hydroxylation is 2. The predicted molar refractivity (Wildman–Crippen MR) is 101 cm³/mol. The van der Waals surface area contributed by atoms with E-state index in [0.717, 1.165) is 6.42 Å². The van der Waals surface area contributed by atoms with Gasteiger partial charge in [-0.3, -0.25) is 14.0 Å². The Bertz CT molecular complexity index is 1010. The summed E-state index contributed by atoms with van der Waals surface area (Å²) in [5.41, 5.74) is 2.35. The van der Waals surface area contributed by atoms with E-state index in [1.165, 1.54) is 0 Å². The Morgan fingerprint density at radius 3 is 2.65 bits per heavy atom. The van der Waals surface area contributed by atoms with Gasteiger partial charge in [-0.25, -0.2) is 4.98 Å². The number of methoxy groups -OCH3 is 2. The minimum atomic E-state index is -0.121. The maximum atomic E-state index is 13.0. The van der Waals surface area contributed by atoms with Gasteiger partial charge in [-0.05, 0) is 25.5 Å². The number of hydrogen-bond acceptors (Lipinski definition) is 6. The van der Waals surface area contributed by atoms with Gasteiger partial charge in [0.15, 0.2) is 5.52 Å². The molecule has 0 amide bonds. The van der Waals surface area contributed by atoms with Crippen molar-refractivity contribution in [1.29, 1.82) is 0 Å². The van der Waals surface area contributed by atoms with Crippen molar-refractivity contribution < 1.29 is 9.47 Å². The molecule has 0 spiro atoms. The van der Waals surface area contributed by atoms with Crippen LogP contribution in [0.1, 0.15) is 19.0 Å². The number of nitrogens with zero attached hydrogens (tertiary/aromatic N) is 4. The average Bonchev–Trinajstić information content (AvgIpc) is 2.92. The van der Waals surface area contributed by atoms with E-state index in [0.29, 0.717) is 46.4 Å². The van der Waals surface area contributed by atoms with Gasteiger partial charge in [-0.1, -0.05) is 6.92 Å². The predicted octanol–water partition coefficient (Wildman–Crippen LogP) is 2.61. The molecule has 0 saturated carbocycles. The van der Waals surface area contributed by atoms with Gasteiger partial charge in [0, 0.05) is 19.7 Å². The smallest absolute Gasteiger partial charge is 0.281 e. The largest absolute Gasteiger partial charge is 0.497 e. The molecule has 3 aromatic rings. The Kier molecular flexibility index (Phi) is 4.83. The van der Waals surface area contributed by atoms with Crippen molar-refractivity contribution in [3.63, 3.8) is 0 Å². The fourth-order valence-corrected chi connectivity index (χ4v) is 2.97. The molecule has 0 saturated heterocycles. The van der Waals surface area contributed by atoms with Crippen LogP contribution in [0, 0.1) is 6.92 Å².